The Morgan fingerprint density at radius 2 is 1.78 bits per heavy atom. The molecule has 6 rings (SSSR count). The van der Waals surface area contributed by atoms with Gasteiger partial charge in [0.1, 0.15) is 11.0 Å². The van der Waals surface area contributed by atoms with Crippen LogP contribution < -0.4 is 19.8 Å². The van der Waals surface area contributed by atoms with Gasteiger partial charge in [0.05, 0.1) is 16.6 Å². The third-order valence-electron chi connectivity index (χ3n) is 6.91. The molecule has 2 aliphatic heterocycles. The number of carbonyl (C=O) groups is 3. The maximum Gasteiger partial charge on any atom is 0.305 e. The maximum absolute atomic E-state index is 14.0. The number of thiazole rings is 1. The van der Waals surface area contributed by atoms with E-state index in [-0.39, 0.29) is 29.2 Å². The van der Waals surface area contributed by atoms with Crippen LogP contribution in [0.2, 0.25) is 5.02 Å². The van der Waals surface area contributed by atoms with Crippen molar-refractivity contribution in [2.24, 2.45) is 5.92 Å². The fraction of sp³-hybridized carbons (Fsp3) is 0.172. The van der Waals surface area contributed by atoms with E-state index in [2.05, 4.69) is 26.2 Å². The van der Waals surface area contributed by atoms with Crippen molar-refractivity contribution in [3.8, 4) is 5.75 Å². The molecule has 3 atom stereocenters. The molecule has 12 heteroatoms. The van der Waals surface area contributed by atoms with Crippen molar-refractivity contribution < 1.29 is 19.1 Å². The van der Waals surface area contributed by atoms with Gasteiger partial charge in [-0.1, -0.05) is 68.3 Å². The van der Waals surface area contributed by atoms with Crippen LogP contribution in [0.3, 0.4) is 0 Å². The molecule has 2 N–H and O–H groups in total. The van der Waals surface area contributed by atoms with E-state index in [9.17, 15) is 19.2 Å². The number of amides is 3. The number of thioether (sulfide) groups is 1. The Morgan fingerprint density at radius 1 is 1.05 bits per heavy atom. The number of nitrogens with zero attached hydrogens (tertiary/aromatic N) is 1. The predicted octanol–water partition coefficient (Wildman–Crippen LogP) is 5.97. The van der Waals surface area contributed by atoms with Crippen LogP contribution in [0.4, 0.5) is 11.4 Å². The van der Waals surface area contributed by atoms with Crippen molar-refractivity contribution in [3.63, 3.8) is 0 Å². The largest absolute Gasteiger partial charge is 0.483 e. The molecule has 8 nitrogen and oxygen atoms in total. The number of aromatic amines is 1. The number of ether oxygens (including phenoxy) is 1. The fourth-order valence-corrected chi connectivity index (χ4v) is 8.08. The lowest BCUT2D eigenvalue weighted by Crippen LogP contribution is -2.32. The lowest BCUT2D eigenvalue weighted by Gasteiger charge is -2.31. The highest BCUT2D eigenvalue weighted by atomic mass is 79.9. The number of hydrogen-bond donors (Lipinski definition) is 2. The number of hydrogen-bond acceptors (Lipinski definition) is 7. The third kappa shape index (κ3) is 5.34. The summed E-state index contributed by atoms with van der Waals surface area (Å²) in [6, 6.07) is 19.2. The number of nitrogens with one attached hydrogen (secondary N) is 2. The first-order valence-corrected chi connectivity index (χ1v) is 15.4. The van der Waals surface area contributed by atoms with Crippen LogP contribution in [0, 0.1) is 12.8 Å². The van der Waals surface area contributed by atoms with Gasteiger partial charge in [-0.05, 0) is 61.5 Å². The summed E-state index contributed by atoms with van der Waals surface area (Å²) >= 11 is 11.7. The van der Waals surface area contributed by atoms with E-state index >= 15 is 0 Å². The van der Waals surface area contributed by atoms with Gasteiger partial charge in [0, 0.05) is 31.5 Å². The summed E-state index contributed by atoms with van der Waals surface area (Å²) in [5.41, 5.74) is 2.67. The average molecular weight is 671 g/mol. The molecule has 3 heterocycles. The van der Waals surface area contributed by atoms with Crippen molar-refractivity contribution in [2.45, 2.75) is 23.1 Å². The van der Waals surface area contributed by atoms with Gasteiger partial charge in [-0.3, -0.25) is 19.2 Å². The number of rotatable bonds is 6. The maximum atomic E-state index is 14.0. The molecule has 41 heavy (non-hydrogen) atoms. The highest BCUT2D eigenvalue weighted by Crippen LogP contribution is 2.54. The number of imide groups is 1. The summed E-state index contributed by atoms with van der Waals surface area (Å²) in [5.74, 6) is -2.14. The molecular formula is C29H21BrClN3O5S2. The molecule has 0 bridgehead atoms. The topological polar surface area (TPSA) is 109 Å². The van der Waals surface area contributed by atoms with E-state index in [0.29, 0.717) is 37.6 Å². The summed E-state index contributed by atoms with van der Waals surface area (Å²) < 4.78 is 6.72. The van der Waals surface area contributed by atoms with E-state index < -0.39 is 17.1 Å². The fourth-order valence-electron chi connectivity index (χ4n) is 5.07. The number of anilines is 2. The van der Waals surface area contributed by atoms with Crippen molar-refractivity contribution in [2.75, 3.05) is 16.8 Å². The number of benzene rings is 3. The first kappa shape index (κ1) is 27.8. The molecule has 1 fully saturated rings. The van der Waals surface area contributed by atoms with Gasteiger partial charge in [-0.25, -0.2) is 4.90 Å². The molecule has 2 aliphatic rings. The van der Waals surface area contributed by atoms with E-state index in [1.165, 1.54) is 16.7 Å². The van der Waals surface area contributed by atoms with Crippen LogP contribution in [0.25, 0.3) is 0 Å². The van der Waals surface area contributed by atoms with E-state index in [4.69, 9.17) is 16.3 Å². The molecule has 0 saturated carbocycles. The minimum absolute atomic E-state index is 0.275. The summed E-state index contributed by atoms with van der Waals surface area (Å²) in [6.07, 6.45) is 0. The standard InChI is InChI=1S/C29H21BrClN3O5S2/c1-14-2-9-18(10-3-14)34-27(36)23-22(24-26(33-29(38)41-24)40-25(23)28(34)37)19-12-15(30)4-11-20(19)39-13-21(35)32-17-7-5-16(31)6-8-17/h2-12,22-23,25H,13H2,1H3,(H,32,35)(H,33,38)/t22-,23?,25?/m1/s1. The van der Waals surface area contributed by atoms with Crippen LogP contribution >= 0.6 is 50.6 Å². The first-order valence-electron chi connectivity index (χ1n) is 12.5. The van der Waals surface area contributed by atoms with Gasteiger partial charge < -0.3 is 15.0 Å². The molecule has 0 radical (unpaired) electrons. The minimum Gasteiger partial charge on any atom is -0.483 e. The minimum atomic E-state index is -0.785. The number of halogens is 2. The summed E-state index contributed by atoms with van der Waals surface area (Å²) in [7, 11) is 0. The number of fused-ring (bicyclic) bond motifs is 2. The molecule has 1 aromatic heterocycles. The number of aryl methyl sites for hydroxylation is 1. The van der Waals surface area contributed by atoms with Crippen molar-refractivity contribution in [3.05, 3.63) is 102 Å². The number of carbonyl (C=O) groups excluding carboxylic acids is 3. The Kier molecular flexibility index (Phi) is 7.54. The zero-order valence-electron chi connectivity index (χ0n) is 21.4. The summed E-state index contributed by atoms with van der Waals surface area (Å²) in [5, 5.41) is 3.13. The Hall–Kier alpha value is -3.38. The Morgan fingerprint density at radius 3 is 2.51 bits per heavy atom. The second kappa shape index (κ2) is 11.1. The van der Waals surface area contributed by atoms with Gasteiger partial charge >= 0.3 is 4.87 Å². The molecule has 208 valence electrons. The lowest BCUT2D eigenvalue weighted by atomic mass is 9.82. The van der Waals surface area contributed by atoms with Crippen molar-refractivity contribution >= 4 is 79.7 Å². The van der Waals surface area contributed by atoms with Crippen LogP contribution in [0.1, 0.15) is 21.9 Å². The molecule has 0 spiro atoms. The highest BCUT2D eigenvalue weighted by molar-refractivity contribution is 9.10. The van der Waals surface area contributed by atoms with Gasteiger partial charge in [0.2, 0.25) is 11.8 Å². The molecule has 3 aromatic carbocycles. The first-order chi connectivity index (χ1) is 19.7. The van der Waals surface area contributed by atoms with E-state index in [1.54, 1.807) is 48.5 Å². The monoisotopic (exact) mass is 669 g/mol. The smallest absolute Gasteiger partial charge is 0.305 e. The normalized spacial score (nSPS) is 19.6. The van der Waals surface area contributed by atoms with Gasteiger partial charge in [0.15, 0.2) is 6.61 Å². The second-order valence-corrected chi connectivity index (χ2v) is 13.1. The van der Waals surface area contributed by atoms with Crippen LogP contribution in [-0.2, 0) is 14.4 Å². The van der Waals surface area contributed by atoms with E-state index in [1.807, 2.05) is 25.1 Å². The Balaban J connectivity index is 1.36. The van der Waals surface area contributed by atoms with Crippen LogP contribution in [-0.4, -0.2) is 34.6 Å². The van der Waals surface area contributed by atoms with Gasteiger partial charge in [-0.2, -0.15) is 0 Å². The third-order valence-corrected chi connectivity index (χ3v) is 10.1. The van der Waals surface area contributed by atoms with Gasteiger partial charge in [-0.15, -0.1) is 0 Å². The van der Waals surface area contributed by atoms with Crippen molar-refractivity contribution in [1.82, 2.24) is 4.98 Å². The predicted molar refractivity (Wildman–Crippen MR) is 163 cm³/mol. The SMILES string of the molecule is Cc1ccc(N2C(=O)C3Sc4[nH]c(=O)sc4[C@H](c4cc(Br)ccc4OCC(=O)Nc4ccc(Cl)cc4)C3C2=O)cc1. The van der Waals surface area contributed by atoms with Gasteiger partial charge in [0.25, 0.3) is 5.91 Å². The Labute approximate surface area is 256 Å². The zero-order valence-corrected chi connectivity index (χ0v) is 25.3. The van der Waals surface area contributed by atoms with Crippen molar-refractivity contribution in [1.29, 1.82) is 0 Å². The zero-order chi connectivity index (χ0) is 28.8. The molecular weight excluding hydrogens is 650 g/mol. The molecule has 3 amide bonds. The summed E-state index contributed by atoms with van der Waals surface area (Å²) in [6.45, 7) is 1.63. The highest BCUT2D eigenvalue weighted by Gasteiger charge is 2.56. The molecule has 2 unspecified atom stereocenters. The second-order valence-electron chi connectivity index (χ2n) is 9.62. The van der Waals surface area contributed by atoms with E-state index in [0.717, 1.165) is 21.4 Å². The molecule has 4 aromatic rings. The molecule has 1 saturated heterocycles. The quantitative estimate of drug-likeness (QED) is 0.245. The lowest BCUT2D eigenvalue weighted by molar-refractivity contribution is -0.122. The summed E-state index contributed by atoms with van der Waals surface area (Å²) in [4.78, 5) is 57.3. The number of aromatic nitrogens is 1. The number of H-pyrrole nitrogens is 1. The van der Waals surface area contributed by atoms with Crippen LogP contribution in [0.15, 0.2) is 81.0 Å². The Bertz CT molecular complexity index is 1740. The van der Waals surface area contributed by atoms with Crippen LogP contribution in [0.5, 0.6) is 5.75 Å². The average Bonchev–Trinajstić information content (AvgIpc) is 3.44. The molecule has 0 aliphatic carbocycles.